The number of ether oxygens (including phenoxy) is 2. The van der Waals surface area contributed by atoms with Gasteiger partial charge < -0.3 is 29.9 Å². The summed E-state index contributed by atoms with van der Waals surface area (Å²) in [6.45, 7) is 12.8. The summed E-state index contributed by atoms with van der Waals surface area (Å²) in [7, 11) is 0. The number of aliphatic hydroxyl groups is 2. The van der Waals surface area contributed by atoms with Crippen LogP contribution in [0.3, 0.4) is 0 Å². The molecule has 6 aliphatic carbocycles. The molecule has 0 unspecified atom stereocenters. The van der Waals surface area contributed by atoms with Gasteiger partial charge in [0.2, 0.25) is 0 Å². The number of halogens is 1. The predicted octanol–water partition coefficient (Wildman–Crippen LogP) is 6.72. The molecule has 53 heavy (non-hydrogen) atoms. The molecule has 0 radical (unpaired) electrons. The lowest BCUT2D eigenvalue weighted by molar-refractivity contribution is -0.174. The molecule has 9 heteroatoms. The summed E-state index contributed by atoms with van der Waals surface area (Å²) < 4.78 is 12.6. The Labute approximate surface area is 321 Å². The molecule has 2 spiro atoms. The van der Waals surface area contributed by atoms with Gasteiger partial charge in [0.1, 0.15) is 12.2 Å². The molecule has 2 aromatic rings. The Morgan fingerprint density at radius 2 is 1.04 bits per heavy atom. The largest absolute Gasteiger partial charge is 0.504 e. The zero-order valence-corrected chi connectivity index (χ0v) is 30.2. The van der Waals surface area contributed by atoms with Crippen LogP contribution >= 0.6 is 12.4 Å². The van der Waals surface area contributed by atoms with Crippen LogP contribution in [-0.2, 0) is 23.7 Å². The minimum atomic E-state index is -0.780. The van der Waals surface area contributed by atoms with E-state index in [0.29, 0.717) is 11.5 Å². The van der Waals surface area contributed by atoms with Gasteiger partial charge in [-0.15, -0.1) is 12.4 Å². The summed E-state index contributed by atoms with van der Waals surface area (Å²) in [5, 5.41) is 45.0. The van der Waals surface area contributed by atoms with E-state index in [1.807, 2.05) is 12.1 Å². The minimum absolute atomic E-state index is 0. The number of aromatic hydroxyl groups is 2. The van der Waals surface area contributed by atoms with Crippen LogP contribution in [0.25, 0.3) is 0 Å². The number of phenols is 2. The van der Waals surface area contributed by atoms with Gasteiger partial charge in [0, 0.05) is 36.3 Å². The average molecular weight is 747 g/mol. The lowest BCUT2D eigenvalue weighted by atomic mass is 9.48. The maximum atomic E-state index is 12.1. The zero-order valence-electron chi connectivity index (χ0n) is 29.4. The highest BCUT2D eigenvalue weighted by molar-refractivity contribution is 5.85. The number of hydrogen-bond acceptors (Lipinski definition) is 8. The van der Waals surface area contributed by atoms with E-state index in [9.17, 15) is 20.4 Å². The quantitative estimate of drug-likeness (QED) is 0.256. The number of nitrogens with zero attached hydrogens (tertiary/aromatic N) is 2. The first-order valence-corrected chi connectivity index (χ1v) is 19.4. The summed E-state index contributed by atoms with van der Waals surface area (Å²) in [5.41, 5.74) is 4.41. The van der Waals surface area contributed by atoms with Gasteiger partial charge in [-0.2, -0.15) is 0 Å². The van der Waals surface area contributed by atoms with E-state index in [-0.39, 0.29) is 63.1 Å². The highest BCUT2D eigenvalue weighted by Gasteiger charge is 2.73. The van der Waals surface area contributed by atoms with Gasteiger partial charge in [-0.05, 0) is 136 Å². The van der Waals surface area contributed by atoms with Gasteiger partial charge >= 0.3 is 0 Å². The zero-order chi connectivity index (χ0) is 33.9. The normalized spacial score (nSPS) is 39.1. The average Bonchev–Trinajstić information content (AvgIpc) is 4.02. The van der Waals surface area contributed by atoms with Gasteiger partial charge in [-0.25, -0.2) is 0 Å². The second-order valence-electron chi connectivity index (χ2n) is 17.8. The fraction of sp³-hybridized carbons (Fsp3) is 0.636. The van der Waals surface area contributed by atoms with Crippen molar-refractivity contribution in [2.45, 2.75) is 138 Å². The van der Waals surface area contributed by atoms with Crippen molar-refractivity contribution in [2.24, 2.45) is 11.8 Å². The number of hydrogen-bond donors (Lipinski definition) is 4. The number of benzene rings is 2. The van der Waals surface area contributed by atoms with Crippen LogP contribution in [0.2, 0.25) is 0 Å². The minimum Gasteiger partial charge on any atom is -0.504 e. The molecule has 2 aromatic carbocycles. The predicted molar refractivity (Wildman–Crippen MR) is 209 cm³/mol. The first-order chi connectivity index (χ1) is 24.1. The van der Waals surface area contributed by atoms with Crippen LogP contribution in [0.4, 0.5) is 0 Å². The standard InChI is InChI=1S/2C21H25NO3.2CH4.ClH/c2*1-12-6-7-21(24)16-10-14-4-5-15(23)18-17(14)20(21,19(12)25-18)8-9-22(16)11-13-2-3-13;;;/h2*4-5,13,16,19,23-24H,1-3,6-11H2;2*1H4;1H/t2*16-,19+,20+,21-;;;/m11.../s1. The van der Waals surface area contributed by atoms with Crippen molar-refractivity contribution < 1.29 is 29.9 Å². The Bertz CT molecular complexity index is 1740. The molecule has 0 amide bonds. The van der Waals surface area contributed by atoms with Crippen LogP contribution in [0.15, 0.2) is 48.6 Å². The first kappa shape index (κ1) is 37.2. The highest BCUT2D eigenvalue weighted by Crippen LogP contribution is 2.68. The Morgan fingerprint density at radius 3 is 1.42 bits per heavy atom. The van der Waals surface area contributed by atoms with E-state index < -0.39 is 22.0 Å². The van der Waals surface area contributed by atoms with Crippen LogP contribution in [0.1, 0.15) is 101 Å². The van der Waals surface area contributed by atoms with Crippen LogP contribution < -0.4 is 9.47 Å². The summed E-state index contributed by atoms with van der Waals surface area (Å²) in [6.07, 6.45) is 11.6. The molecule has 2 saturated heterocycles. The third-order valence-electron chi connectivity index (χ3n) is 15.4. The number of piperidine rings is 2. The Balaban J connectivity index is 0.000000143. The van der Waals surface area contributed by atoms with Crippen molar-refractivity contribution in [3.63, 3.8) is 0 Å². The third kappa shape index (κ3) is 4.56. The Kier molecular flexibility index (Phi) is 8.51. The van der Waals surface area contributed by atoms with E-state index in [4.69, 9.17) is 9.47 Å². The molecule has 8 atom stereocenters. The van der Waals surface area contributed by atoms with Crippen molar-refractivity contribution >= 4 is 12.4 Å². The maximum absolute atomic E-state index is 12.1. The van der Waals surface area contributed by atoms with E-state index >= 15 is 0 Å². The summed E-state index contributed by atoms with van der Waals surface area (Å²) in [6, 6.07) is 7.93. The molecule has 8 nitrogen and oxygen atoms in total. The van der Waals surface area contributed by atoms with Gasteiger partial charge in [0.25, 0.3) is 0 Å². The number of likely N-dealkylation sites (tertiary alicyclic amines) is 2. The van der Waals surface area contributed by atoms with E-state index in [0.717, 1.165) is 112 Å². The fourth-order valence-electron chi connectivity index (χ4n) is 12.8. The topological polar surface area (TPSA) is 106 Å². The molecule has 10 aliphatic rings. The summed E-state index contributed by atoms with van der Waals surface area (Å²) in [4.78, 5) is 5.11. The molecule has 4 saturated carbocycles. The van der Waals surface area contributed by atoms with Crippen LogP contribution in [0.5, 0.6) is 23.0 Å². The summed E-state index contributed by atoms with van der Waals surface area (Å²) >= 11 is 0. The van der Waals surface area contributed by atoms with Crippen molar-refractivity contribution in [2.75, 3.05) is 26.2 Å². The lowest BCUT2D eigenvalue weighted by Crippen LogP contribution is -2.75. The number of phenolic OH excluding ortho intramolecular Hbond substituents is 2. The van der Waals surface area contributed by atoms with Gasteiger partial charge in [-0.3, -0.25) is 9.80 Å². The molecular formula is C44H59ClN2O6. The highest BCUT2D eigenvalue weighted by atomic mass is 35.5. The Hall–Kier alpha value is -2.75. The Morgan fingerprint density at radius 1 is 0.642 bits per heavy atom. The first-order valence-electron chi connectivity index (χ1n) is 19.4. The van der Waals surface area contributed by atoms with Crippen LogP contribution in [-0.4, -0.2) is 91.9 Å². The summed E-state index contributed by atoms with van der Waals surface area (Å²) in [5.74, 6) is 3.27. The molecule has 0 aromatic heterocycles. The lowest BCUT2D eigenvalue weighted by Gasteiger charge is -2.63. The van der Waals surface area contributed by atoms with Crippen molar-refractivity contribution in [1.29, 1.82) is 0 Å². The third-order valence-corrected chi connectivity index (χ3v) is 15.4. The van der Waals surface area contributed by atoms with Gasteiger partial charge in [0.05, 0.1) is 22.0 Å². The van der Waals surface area contributed by atoms with Crippen molar-refractivity contribution in [3.8, 4) is 23.0 Å². The van der Waals surface area contributed by atoms with Crippen molar-refractivity contribution in [3.05, 3.63) is 70.8 Å². The molecule has 12 rings (SSSR count). The smallest absolute Gasteiger partial charge is 0.166 e. The van der Waals surface area contributed by atoms with Crippen LogP contribution in [0, 0.1) is 11.8 Å². The molecule has 6 fully saturated rings. The van der Waals surface area contributed by atoms with E-state index in [1.54, 1.807) is 12.1 Å². The van der Waals surface area contributed by atoms with Gasteiger partial charge in [-0.1, -0.05) is 40.1 Å². The monoisotopic (exact) mass is 746 g/mol. The fourth-order valence-corrected chi connectivity index (χ4v) is 12.8. The second-order valence-corrected chi connectivity index (χ2v) is 17.8. The van der Waals surface area contributed by atoms with Gasteiger partial charge in [0.15, 0.2) is 23.0 Å². The molecule has 4 heterocycles. The molecule has 4 N–H and O–H groups in total. The second kappa shape index (κ2) is 12.1. The van der Waals surface area contributed by atoms with Crippen molar-refractivity contribution in [1.82, 2.24) is 9.80 Å². The van der Waals surface area contributed by atoms with E-state index in [1.165, 1.54) is 36.8 Å². The van der Waals surface area contributed by atoms with E-state index in [2.05, 4.69) is 23.0 Å². The SMILES string of the molecule is C.C.C=C1CC[C@@]2(O)[C@H]3Cc4ccc(O)c5c4[C@@]2(CCN3CC2CC2)[C@H]1O5.C=C1CC[C@@]2(O)[C@H]3Cc4ccc(O)c5c4[C@@]2(CCN3CC2CC2)[C@H]1O5.Cl. The molecule has 4 bridgehead atoms. The molecule has 4 aliphatic heterocycles. The molecular weight excluding hydrogens is 688 g/mol. The maximum Gasteiger partial charge on any atom is 0.166 e. The number of rotatable bonds is 4. The molecule has 288 valence electrons.